The minimum absolute atomic E-state index is 0.886. The standard InChI is InChI=1S/C10H12N2.2C2H6/c1-6-5-7(2)10-8(9(6)11)3-4-12-10;2*1-2/h3-5,12H,11H2,1-2H3;2*1-2H3. The molecule has 0 aliphatic heterocycles. The number of hydrogen-bond donors (Lipinski definition) is 2. The van der Waals surface area contributed by atoms with Crippen LogP contribution in [-0.4, -0.2) is 4.98 Å². The fourth-order valence-electron chi connectivity index (χ4n) is 1.61. The Balaban J connectivity index is 0.000000509. The lowest BCUT2D eigenvalue weighted by Crippen LogP contribution is -1.91. The van der Waals surface area contributed by atoms with E-state index in [9.17, 15) is 0 Å². The Morgan fingerprint density at radius 3 is 2.12 bits per heavy atom. The molecule has 2 aromatic rings. The molecule has 2 nitrogen and oxygen atoms in total. The molecule has 0 aliphatic rings. The highest BCUT2D eigenvalue weighted by molar-refractivity contribution is 5.94. The summed E-state index contributed by atoms with van der Waals surface area (Å²) in [5, 5.41) is 1.13. The molecule has 2 heteroatoms. The van der Waals surface area contributed by atoms with Gasteiger partial charge in [0, 0.05) is 17.3 Å². The molecule has 2 rings (SSSR count). The van der Waals surface area contributed by atoms with E-state index < -0.39 is 0 Å². The van der Waals surface area contributed by atoms with E-state index in [0.717, 1.165) is 22.2 Å². The molecular formula is C14H24N2. The van der Waals surface area contributed by atoms with Crippen LogP contribution in [0.1, 0.15) is 38.8 Å². The molecule has 3 N–H and O–H groups in total. The van der Waals surface area contributed by atoms with Crippen LogP contribution in [0.4, 0.5) is 5.69 Å². The predicted molar refractivity (Wildman–Crippen MR) is 74.9 cm³/mol. The minimum Gasteiger partial charge on any atom is -0.398 e. The number of benzene rings is 1. The van der Waals surface area contributed by atoms with Crippen molar-refractivity contribution in [1.29, 1.82) is 0 Å². The Morgan fingerprint density at radius 2 is 1.56 bits per heavy atom. The summed E-state index contributed by atoms with van der Waals surface area (Å²) in [7, 11) is 0. The number of nitrogens with one attached hydrogen (secondary N) is 1. The summed E-state index contributed by atoms with van der Waals surface area (Å²) in [5.74, 6) is 0. The SMILES string of the molecule is CC.CC.Cc1cc(C)c2[nH]ccc2c1N. The zero-order chi connectivity index (χ0) is 12.7. The van der Waals surface area contributed by atoms with Gasteiger partial charge < -0.3 is 10.7 Å². The first-order valence-electron chi connectivity index (χ1n) is 6.03. The molecule has 0 radical (unpaired) electrons. The summed E-state index contributed by atoms with van der Waals surface area (Å²) in [6.07, 6.45) is 1.92. The molecule has 0 amide bonds. The van der Waals surface area contributed by atoms with Gasteiger partial charge in [-0.3, -0.25) is 0 Å². The molecule has 0 saturated carbocycles. The van der Waals surface area contributed by atoms with Crippen molar-refractivity contribution in [2.75, 3.05) is 5.73 Å². The minimum atomic E-state index is 0.886. The largest absolute Gasteiger partial charge is 0.398 e. The van der Waals surface area contributed by atoms with Crippen LogP contribution in [-0.2, 0) is 0 Å². The summed E-state index contributed by atoms with van der Waals surface area (Å²) >= 11 is 0. The number of aromatic nitrogens is 1. The van der Waals surface area contributed by atoms with Crippen molar-refractivity contribution in [3.8, 4) is 0 Å². The summed E-state index contributed by atoms with van der Waals surface area (Å²) in [6.45, 7) is 12.1. The maximum Gasteiger partial charge on any atom is 0.0504 e. The van der Waals surface area contributed by atoms with E-state index in [1.54, 1.807) is 0 Å². The number of fused-ring (bicyclic) bond motifs is 1. The van der Waals surface area contributed by atoms with Crippen LogP contribution >= 0.6 is 0 Å². The van der Waals surface area contributed by atoms with Gasteiger partial charge >= 0.3 is 0 Å². The number of anilines is 1. The molecule has 0 aliphatic carbocycles. The third kappa shape index (κ3) is 2.78. The highest BCUT2D eigenvalue weighted by Crippen LogP contribution is 2.26. The fourth-order valence-corrected chi connectivity index (χ4v) is 1.61. The van der Waals surface area contributed by atoms with E-state index in [4.69, 9.17) is 5.73 Å². The van der Waals surface area contributed by atoms with Crippen molar-refractivity contribution in [2.24, 2.45) is 0 Å². The van der Waals surface area contributed by atoms with Crippen molar-refractivity contribution in [3.63, 3.8) is 0 Å². The third-order valence-corrected chi connectivity index (χ3v) is 2.29. The summed E-state index contributed by atoms with van der Waals surface area (Å²) in [6, 6.07) is 4.12. The number of hydrogen-bond acceptors (Lipinski definition) is 1. The van der Waals surface area contributed by atoms with Crippen molar-refractivity contribution in [3.05, 3.63) is 29.5 Å². The van der Waals surface area contributed by atoms with E-state index >= 15 is 0 Å². The quantitative estimate of drug-likeness (QED) is 0.634. The van der Waals surface area contributed by atoms with Crippen molar-refractivity contribution in [2.45, 2.75) is 41.5 Å². The monoisotopic (exact) mass is 220 g/mol. The van der Waals surface area contributed by atoms with Crippen LogP contribution < -0.4 is 5.73 Å². The molecule has 1 aromatic carbocycles. The number of nitrogens with two attached hydrogens (primary N) is 1. The molecule has 0 atom stereocenters. The average molecular weight is 220 g/mol. The third-order valence-electron chi connectivity index (χ3n) is 2.29. The van der Waals surface area contributed by atoms with Gasteiger partial charge in [-0.1, -0.05) is 33.8 Å². The Hall–Kier alpha value is -1.44. The topological polar surface area (TPSA) is 41.8 Å². The van der Waals surface area contributed by atoms with Gasteiger partial charge in [0.05, 0.1) is 5.52 Å². The van der Waals surface area contributed by atoms with Gasteiger partial charge in [-0.2, -0.15) is 0 Å². The maximum atomic E-state index is 5.91. The number of aryl methyl sites for hydroxylation is 2. The number of nitrogen functional groups attached to an aromatic ring is 1. The second kappa shape index (κ2) is 6.94. The zero-order valence-corrected chi connectivity index (χ0v) is 11.3. The Kier molecular flexibility index (Phi) is 6.31. The molecular weight excluding hydrogens is 196 g/mol. The van der Waals surface area contributed by atoms with Crippen LogP contribution in [0.25, 0.3) is 10.9 Å². The lowest BCUT2D eigenvalue weighted by molar-refractivity contribution is 1.38. The highest BCUT2D eigenvalue weighted by Gasteiger charge is 2.04. The first-order valence-corrected chi connectivity index (χ1v) is 6.03. The molecule has 0 unspecified atom stereocenters. The van der Waals surface area contributed by atoms with Crippen molar-refractivity contribution in [1.82, 2.24) is 4.98 Å². The van der Waals surface area contributed by atoms with E-state index in [1.807, 2.05) is 46.9 Å². The normalized spacial score (nSPS) is 8.88. The first-order chi connectivity index (χ1) is 7.70. The van der Waals surface area contributed by atoms with E-state index in [1.165, 1.54) is 5.56 Å². The highest BCUT2D eigenvalue weighted by atomic mass is 14.7. The van der Waals surface area contributed by atoms with Gasteiger partial charge in [-0.05, 0) is 31.0 Å². The van der Waals surface area contributed by atoms with Gasteiger partial charge in [0.15, 0.2) is 0 Å². The zero-order valence-electron chi connectivity index (χ0n) is 11.3. The average Bonchev–Trinajstić information content (AvgIpc) is 2.81. The first kappa shape index (κ1) is 14.6. The van der Waals surface area contributed by atoms with Gasteiger partial charge in [-0.15, -0.1) is 0 Å². The second-order valence-corrected chi connectivity index (χ2v) is 3.19. The van der Waals surface area contributed by atoms with E-state index in [2.05, 4.69) is 18.0 Å². The number of rotatable bonds is 0. The predicted octanol–water partition coefficient (Wildman–Crippen LogP) is 4.42. The molecule has 1 aromatic heterocycles. The van der Waals surface area contributed by atoms with Crippen LogP contribution in [0.2, 0.25) is 0 Å². The fraction of sp³-hybridized carbons (Fsp3) is 0.429. The van der Waals surface area contributed by atoms with Crippen LogP contribution in [0.5, 0.6) is 0 Å². The molecule has 0 bridgehead atoms. The Morgan fingerprint density at radius 1 is 1.00 bits per heavy atom. The molecule has 90 valence electrons. The van der Waals surface area contributed by atoms with Crippen molar-refractivity contribution >= 4 is 16.6 Å². The second-order valence-electron chi connectivity index (χ2n) is 3.19. The van der Waals surface area contributed by atoms with Gasteiger partial charge in [0.25, 0.3) is 0 Å². The smallest absolute Gasteiger partial charge is 0.0504 e. The van der Waals surface area contributed by atoms with Gasteiger partial charge in [0.1, 0.15) is 0 Å². The number of aromatic amines is 1. The summed E-state index contributed by atoms with van der Waals surface area (Å²) in [4.78, 5) is 3.18. The Bertz CT molecular complexity index is 427. The summed E-state index contributed by atoms with van der Waals surface area (Å²) in [5.41, 5.74) is 10.4. The lowest BCUT2D eigenvalue weighted by atomic mass is 10.1. The van der Waals surface area contributed by atoms with Gasteiger partial charge in [-0.25, -0.2) is 0 Å². The molecule has 0 spiro atoms. The van der Waals surface area contributed by atoms with Crippen LogP contribution in [0, 0.1) is 13.8 Å². The Labute approximate surface area is 98.9 Å². The lowest BCUT2D eigenvalue weighted by Gasteiger charge is -2.04. The van der Waals surface area contributed by atoms with Crippen LogP contribution in [0.3, 0.4) is 0 Å². The molecule has 0 saturated heterocycles. The summed E-state index contributed by atoms with van der Waals surface area (Å²) < 4.78 is 0. The van der Waals surface area contributed by atoms with Gasteiger partial charge in [0.2, 0.25) is 0 Å². The van der Waals surface area contributed by atoms with E-state index in [0.29, 0.717) is 0 Å². The maximum absolute atomic E-state index is 5.91. The molecule has 1 heterocycles. The van der Waals surface area contributed by atoms with Crippen LogP contribution in [0.15, 0.2) is 18.3 Å². The molecule has 16 heavy (non-hydrogen) atoms. The van der Waals surface area contributed by atoms with E-state index in [-0.39, 0.29) is 0 Å². The van der Waals surface area contributed by atoms with Crippen molar-refractivity contribution < 1.29 is 0 Å². The number of H-pyrrole nitrogens is 1. The molecule has 0 fully saturated rings.